The number of amides is 1. The highest BCUT2D eigenvalue weighted by molar-refractivity contribution is 5.83. The van der Waals surface area contributed by atoms with E-state index in [9.17, 15) is 4.79 Å². The summed E-state index contributed by atoms with van der Waals surface area (Å²) in [4.78, 5) is 18.0. The third-order valence-corrected chi connectivity index (χ3v) is 4.34. The van der Waals surface area contributed by atoms with Gasteiger partial charge in [-0.1, -0.05) is 0 Å². The molecular weight excluding hydrogens is 334 g/mol. The predicted molar refractivity (Wildman–Crippen MR) is 99.2 cm³/mol. The van der Waals surface area contributed by atoms with E-state index >= 15 is 0 Å². The molecule has 138 valence electrons. The average molecular weight is 357 g/mol. The number of hydrogen-bond acceptors (Lipinski definition) is 6. The molecule has 0 unspecified atom stereocenters. The number of pyridine rings is 1. The number of carbonyl (C=O) groups excluding carboxylic acids is 1. The Labute approximate surface area is 152 Å². The lowest BCUT2D eigenvalue weighted by Gasteiger charge is -2.31. The smallest absolute Gasteiger partial charge is 0.412 e. The van der Waals surface area contributed by atoms with E-state index in [2.05, 4.69) is 21.3 Å². The van der Waals surface area contributed by atoms with E-state index in [4.69, 9.17) is 14.2 Å². The topological polar surface area (TPSA) is 72.9 Å². The number of hydrogen-bond donors (Lipinski definition) is 1. The minimum absolute atomic E-state index is 0.325. The first kappa shape index (κ1) is 17.8. The van der Waals surface area contributed by atoms with Crippen molar-refractivity contribution in [3.05, 3.63) is 41.6 Å². The van der Waals surface area contributed by atoms with Crippen molar-refractivity contribution in [2.24, 2.45) is 0 Å². The lowest BCUT2D eigenvalue weighted by molar-refractivity contribution is 0.168. The molecule has 0 spiro atoms. The molecule has 0 aliphatic carbocycles. The molecule has 3 rings (SSSR count). The highest BCUT2D eigenvalue weighted by Gasteiger charge is 2.20. The Kier molecular flexibility index (Phi) is 5.46. The van der Waals surface area contributed by atoms with Crippen LogP contribution in [-0.4, -0.2) is 38.4 Å². The van der Waals surface area contributed by atoms with Crippen LogP contribution in [0.1, 0.15) is 18.1 Å². The van der Waals surface area contributed by atoms with Gasteiger partial charge in [0.2, 0.25) is 0 Å². The largest absolute Gasteiger partial charge is 0.493 e. The van der Waals surface area contributed by atoms with E-state index in [1.807, 2.05) is 12.1 Å². The van der Waals surface area contributed by atoms with E-state index < -0.39 is 6.09 Å². The molecule has 0 saturated heterocycles. The molecule has 7 nitrogen and oxygen atoms in total. The van der Waals surface area contributed by atoms with Gasteiger partial charge in [0.15, 0.2) is 11.5 Å². The average Bonchev–Trinajstić information content (AvgIpc) is 2.67. The SMILES string of the molecule is CCOC(=O)Nc1ccc(N2CCc3cc(OC)c(OC)cc3C2)cn1. The van der Waals surface area contributed by atoms with Gasteiger partial charge in [-0.3, -0.25) is 5.32 Å². The van der Waals surface area contributed by atoms with Crippen LogP contribution >= 0.6 is 0 Å². The molecule has 2 heterocycles. The lowest BCUT2D eigenvalue weighted by atomic mass is 9.98. The number of nitrogens with one attached hydrogen (secondary N) is 1. The number of ether oxygens (including phenoxy) is 3. The fraction of sp³-hybridized carbons (Fsp3) is 0.368. The molecule has 1 aromatic heterocycles. The molecule has 0 fully saturated rings. The molecule has 26 heavy (non-hydrogen) atoms. The summed E-state index contributed by atoms with van der Waals surface area (Å²) < 4.78 is 15.6. The van der Waals surface area contributed by atoms with E-state index in [1.165, 1.54) is 11.1 Å². The molecule has 0 atom stereocenters. The normalized spacial score (nSPS) is 13.0. The van der Waals surface area contributed by atoms with E-state index in [0.717, 1.165) is 36.7 Å². The number of anilines is 2. The van der Waals surface area contributed by atoms with Crippen molar-refractivity contribution in [3.63, 3.8) is 0 Å². The summed E-state index contributed by atoms with van der Waals surface area (Å²) in [6.45, 7) is 3.73. The van der Waals surface area contributed by atoms with Crippen molar-refractivity contribution in [2.75, 3.05) is 37.6 Å². The van der Waals surface area contributed by atoms with Crippen LogP contribution in [0.2, 0.25) is 0 Å². The highest BCUT2D eigenvalue weighted by Crippen LogP contribution is 2.34. The van der Waals surface area contributed by atoms with Crippen LogP contribution in [0.3, 0.4) is 0 Å². The zero-order valence-corrected chi connectivity index (χ0v) is 15.2. The van der Waals surface area contributed by atoms with Crippen LogP contribution in [0, 0.1) is 0 Å². The Morgan fingerprint density at radius 1 is 1.19 bits per heavy atom. The van der Waals surface area contributed by atoms with Crippen LogP contribution in [0.25, 0.3) is 0 Å². The maximum atomic E-state index is 11.4. The fourth-order valence-electron chi connectivity index (χ4n) is 3.02. The summed E-state index contributed by atoms with van der Waals surface area (Å²) in [6, 6.07) is 7.80. The third-order valence-electron chi connectivity index (χ3n) is 4.34. The van der Waals surface area contributed by atoms with Crippen molar-refractivity contribution in [3.8, 4) is 11.5 Å². The van der Waals surface area contributed by atoms with E-state index in [0.29, 0.717) is 12.4 Å². The Balaban J connectivity index is 1.73. The molecule has 2 aromatic rings. The van der Waals surface area contributed by atoms with Gasteiger partial charge in [-0.15, -0.1) is 0 Å². The first-order valence-corrected chi connectivity index (χ1v) is 8.53. The van der Waals surface area contributed by atoms with Crippen LogP contribution in [0.4, 0.5) is 16.3 Å². The molecule has 1 aliphatic rings. The summed E-state index contributed by atoms with van der Waals surface area (Å²) in [5.41, 5.74) is 3.48. The van der Waals surface area contributed by atoms with Crippen molar-refractivity contribution in [2.45, 2.75) is 19.9 Å². The maximum absolute atomic E-state index is 11.4. The van der Waals surface area contributed by atoms with Gasteiger partial charge in [0.25, 0.3) is 0 Å². The minimum Gasteiger partial charge on any atom is -0.493 e. The molecule has 1 aliphatic heterocycles. The number of aromatic nitrogens is 1. The predicted octanol–water partition coefficient (Wildman–Crippen LogP) is 3.23. The Hall–Kier alpha value is -2.96. The molecular formula is C19H23N3O4. The summed E-state index contributed by atoms with van der Waals surface area (Å²) in [5, 5.41) is 2.60. The lowest BCUT2D eigenvalue weighted by Crippen LogP contribution is -2.30. The van der Waals surface area contributed by atoms with Crippen LogP contribution < -0.4 is 19.7 Å². The first-order valence-electron chi connectivity index (χ1n) is 8.53. The minimum atomic E-state index is -0.499. The second-order valence-corrected chi connectivity index (χ2v) is 5.89. The zero-order valence-electron chi connectivity index (χ0n) is 15.2. The van der Waals surface area contributed by atoms with Gasteiger partial charge in [0, 0.05) is 13.1 Å². The summed E-state index contributed by atoms with van der Waals surface area (Å²) in [5.74, 6) is 1.96. The summed E-state index contributed by atoms with van der Waals surface area (Å²) >= 11 is 0. The van der Waals surface area contributed by atoms with Gasteiger partial charge < -0.3 is 19.1 Å². The standard InChI is InChI=1S/C19H23N3O4/c1-4-26-19(23)21-18-6-5-15(11-20-18)22-8-7-13-9-16(24-2)17(25-3)10-14(13)12-22/h5-6,9-11H,4,7-8,12H2,1-3H3,(H,20,21,23). The molecule has 7 heteroatoms. The Bertz CT molecular complexity index is 777. The van der Waals surface area contributed by atoms with Crippen molar-refractivity contribution in [1.82, 2.24) is 4.98 Å². The Morgan fingerprint density at radius 2 is 1.92 bits per heavy atom. The Morgan fingerprint density at radius 3 is 2.54 bits per heavy atom. The molecule has 1 aromatic carbocycles. The van der Waals surface area contributed by atoms with Gasteiger partial charge in [-0.25, -0.2) is 9.78 Å². The maximum Gasteiger partial charge on any atom is 0.412 e. The molecule has 0 radical (unpaired) electrons. The van der Waals surface area contributed by atoms with Crippen LogP contribution in [-0.2, 0) is 17.7 Å². The number of rotatable bonds is 5. The number of benzene rings is 1. The van der Waals surface area contributed by atoms with E-state index in [1.54, 1.807) is 33.4 Å². The zero-order chi connectivity index (χ0) is 18.5. The quantitative estimate of drug-likeness (QED) is 0.886. The molecule has 0 bridgehead atoms. The second-order valence-electron chi connectivity index (χ2n) is 5.89. The van der Waals surface area contributed by atoms with Gasteiger partial charge in [0.05, 0.1) is 32.7 Å². The van der Waals surface area contributed by atoms with Crippen molar-refractivity contribution in [1.29, 1.82) is 0 Å². The van der Waals surface area contributed by atoms with Gasteiger partial charge in [-0.2, -0.15) is 0 Å². The van der Waals surface area contributed by atoms with Gasteiger partial charge >= 0.3 is 6.09 Å². The van der Waals surface area contributed by atoms with Crippen molar-refractivity contribution >= 4 is 17.6 Å². The molecule has 0 saturated carbocycles. The molecule has 1 N–H and O–H groups in total. The molecule has 1 amide bonds. The fourth-order valence-corrected chi connectivity index (χ4v) is 3.02. The number of methoxy groups -OCH3 is 2. The van der Waals surface area contributed by atoms with Gasteiger partial charge in [0.1, 0.15) is 5.82 Å². The number of fused-ring (bicyclic) bond motifs is 1. The highest BCUT2D eigenvalue weighted by atomic mass is 16.5. The monoisotopic (exact) mass is 357 g/mol. The number of nitrogens with zero attached hydrogens (tertiary/aromatic N) is 2. The van der Waals surface area contributed by atoms with Gasteiger partial charge in [-0.05, 0) is 48.7 Å². The van der Waals surface area contributed by atoms with Crippen LogP contribution in [0.5, 0.6) is 11.5 Å². The second kappa shape index (κ2) is 7.95. The summed E-state index contributed by atoms with van der Waals surface area (Å²) in [6.07, 6.45) is 2.17. The number of carbonyl (C=O) groups is 1. The third kappa shape index (κ3) is 3.82. The van der Waals surface area contributed by atoms with Crippen molar-refractivity contribution < 1.29 is 19.0 Å². The summed E-state index contributed by atoms with van der Waals surface area (Å²) in [7, 11) is 3.29. The first-order chi connectivity index (χ1) is 12.6. The van der Waals surface area contributed by atoms with Crippen LogP contribution in [0.15, 0.2) is 30.5 Å². The van der Waals surface area contributed by atoms with E-state index in [-0.39, 0.29) is 0 Å².